The average Bonchev–Trinajstić information content (AvgIpc) is 2.50. The van der Waals surface area contributed by atoms with Gasteiger partial charge in [0.25, 0.3) is 0 Å². The van der Waals surface area contributed by atoms with Crippen LogP contribution in [0.15, 0.2) is 0 Å². The lowest BCUT2D eigenvalue weighted by atomic mass is 9.55. The highest BCUT2D eigenvalue weighted by Gasteiger charge is 2.69. The number of hydrogen-bond donors (Lipinski definition) is 0. The van der Waals surface area contributed by atoms with Gasteiger partial charge in [0.05, 0.1) is 0 Å². The van der Waals surface area contributed by atoms with E-state index in [2.05, 4.69) is 27.7 Å². The quantitative estimate of drug-likeness (QED) is 0.541. The van der Waals surface area contributed by atoms with E-state index < -0.39 is 0 Å². The normalized spacial score (nSPS) is 56.8. The fourth-order valence-corrected chi connectivity index (χ4v) is 6.29. The van der Waals surface area contributed by atoms with Crippen LogP contribution in [-0.2, 0) is 0 Å². The molecule has 2 bridgehead atoms. The highest BCUT2D eigenvalue weighted by atomic mass is 14.7. The maximum Gasteiger partial charge on any atom is -0.0210 e. The predicted molar refractivity (Wildman–Crippen MR) is 64.7 cm³/mol. The van der Waals surface area contributed by atoms with Crippen LogP contribution in [0, 0.1) is 28.1 Å². The first-order chi connectivity index (χ1) is 6.92. The second-order valence-electron chi connectivity index (χ2n) is 7.62. The minimum Gasteiger partial charge on any atom is -0.0620 e. The molecule has 3 aliphatic rings. The fourth-order valence-electron chi connectivity index (χ4n) is 6.29. The zero-order valence-electron chi connectivity index (χ0n) is 10.9. The molecule has 15 heavy (non-hydrogen) atoms. The van der Waals surface area contributed by atoms with E-state index in [4.69, 9.17) is 0 Å². The Balaban J connectivity index is 2.10. The van der Waals surface area contributed by atoms with E-state index >= 15 is 0 Å². The number of rotatable bonds is 0. The molecule has 0 nitrogen and oxygen atoms in total. The maximum absolute atomic E-state index is 2.63. The summed E-state index contributed by atoms with van der Waals surface area (Å²) in [7, 11) is 0. The van der Waals surface area contributed by atoms with Gasteiger partial charge < -0.3 is 0 Å². The van der Waals surface area contributed by atoms with Crippen LogP contribution in [-0.4, -0.2) is 0 Å². The Labute approximate surface area is 94.8 Å². The molecule has 0 saturated heterocycles. The molecule has 0 spiro atoms. The molecule has 3 aliphatic carbocycles. The van der Waals surface area contributed by atoms with Gasteiger partial charge in [0, 0.05) is 0 Å². The Morgan fingerprint density at radius 2 is 1.73 bits per heavy atom. The molecule has 0 amide bonds. The molecule has 0 radical (unpaired) electrons. The van der Waals surface area contributed by atoms with Crippen molar-refractivity contribution in [3.05, 3.63) is 0 Å². The van der Waals surface area contributed by atoms with Gasteiger partial charge in [0.1, 0.15) is 0 Å². The highest BCUT2D eigenvalue weighted by Crippen LogP contribution is 2.77. The largest absolute Gasteiger partial charge is 0.0620 e. The summed E-state index contributed by atoms with van der Waals surface area (Å²) in [4.78, 5) is 0. The topological polar surface area (TPSA) is 0 Å². The molecule has 3 fully saturated rings. The van der Waals surface area contributed by atoms with E-state index in [1.807, 2.05) is 0 Å². The Morgan fingerprint density at radius 1 is 1.00 bits per heavy atom. The van der Waals surface area contributed by atoms with Crippen molar-refractivity contribution in [1.82, 2.24) is 0 Å². The minimum absolute atomic E-state index is 0.631. The summed E-state index contributed by atoms with van der Waals surface area (Å²) in [5.41, 5.74) is 2.07. The third-order valence-corrected chi connectivity index (χ3v) is 6.78. The summed E-state index contributed by atoms with van der Waals surface area (Å²) in [6, 6.07) is 0. The van der Waals surface area contributed by atoms with Gasteiger partial charge in [-0.3, -0.25) is 0 Å². The Kier molecular flexibility index (Phi) is 1.78. The lowest BCUT2D eigenvalue weighted by Gasteiger charge is -2.49. The zero-order valence-corrected chi connectivity index (χ0v) is 10.9. The van der Waals surface area contributed by atoms with E-state index in [0.29, 0.717) is 10.8 Å². The molecule has 86 valence electrons. The van der Waals surface area contributed by atoms with Crippen molar-refractivity contribution in [3.63, 3.8) is 0 Å². The third kappa shape index (κ3) is 0.953. The molecule has 0 aliphatic heterocycles. The van der Waals surface area contributed by atoms with Crippen LogP contribution >= 0.6 is 0 Å². The Hall–Kier alpha value is 0. The molecule has 0 aromatic heterocycles. The molecule has 3 rings (SSSR count). The highest BCUT2D eigenvalue weighted by molar-refractivity contribution is 5.18. The molecule has 0 heterocycles. The minimum atomic E-state index is 0.631. The fraction of sp³-hybridized carbons (Fsp3) is 1.00. The lowest BCUT2D eigenvalue weighted by molar-refractivity contribution is -0.00336. The van der Waals surface area contributed by atoms with Gasteiger partial charge in [-0.15, -0.1) is 0 Å². The van der Waals surface area contributed by atoms with E-state index in [9.17, 15) is 0 Å². The SMILES string of the molecule is CC1CCCC2(C)C3CCC12CC3(C)C. The van der Waals surface area contributed by atoms with Crippen LogP contribution in [0.3, 0.4) is 0 Å². The molecule has 0 heteroatoms. The average molecular weight is 206 g/mol. The molecule has 4 atom stereocenters. The zero-order chi connectivity index (χ0) is 10.9. The molecular weight excluding hydrogens is 180 g/mol. The first-order valence-electron chi connectivity index (χ1n) is 6.92. The summed E-state index contributed by atoms with van der Waals surface area (Å²) in [6.07, 6.45) is 9.09. The van der Waals surface area contributed by atoms with Crippen molar-refractivity contribution in [2.45, 2.75) is 66.2 Å². The predicted octanol–water partition coefficient (Wildman–Crippen LogP) is 4.64. The van der Waals surface area contributed by atoms with Crippen LogP contribution < -0.4 is 0 Å². The van der Waals surface area contributed by atoms with Crippen molar-refractivity contribution in [2.24, 2.45) is 28.1 Å². The summed E-state index contributed by atoms with van der Waals surface area (Å²) in [5, 5.41) is 0. The first-order valence-corrected chi connectivity index (χ1v) is 6.92. The van der Waals surface area contributed by atoms with Gasteiger partial charge in [-0.2, -0.15) is 0 Å². The van der Waals surface area contributed by atoms with Gasteiger partial charge in [0.15, 0.2) is 0 Å². The Morgan fingerprint density at radius 3 is 2.33 bits per heavy atom. The van der Waals surface area contributed by atoms with E-state index in [0.717, 1.165) is 17.3 Å². The van der Waals surface area contributed by atoms with Crippen molar-refractivity contribution in [2.75, 3.05) is 0 Å². The van der Waals surface area contributed by atoms with Crippen LogP contribution in [0.5, 0.6) is 0 Å². The van der Waals surface area contributed by atoms with E-state index in [1.165, 1.54) is 32.1 Å². The smallest absolute Gasteiger partial charge is 0.0210 e. The third-order valence-electron chi connectivity index (χ3n) is 6.78. The van der Waals surface area contributed by atoms with Crippen LogP contribution in [0.1, 0.15) is 66.2 Å². The van der Waals surface area contributed by atoms with Gasteiger partial charge in [-0.25, -0.2) is 0 Å². The maximum atomic E-state index is 2.63. The summed E-state index contributed by atoms with van der Waals surface area (Å²) in [6.45, 7) is 10.2. The lowest BCUT2D eigenvalue weighted by Crippen LogP contribution is -2.41. The monoisotopic (exact) mass is 206 g/mol. The summed E-state index contributed by atoms with van der Waals surface area (Å²) >= 11 is 0. The van der Waals surface area contributed by atoms with Gasteiger partial charge >= 0.3 is 0 Å². The van der Waals surface area contributed by atoms with Gasteiger partial charge in [-0.05, 0) is 53.8 Å². The molecular formula is C15H26. The van der Waals surface area contributed by atoms with E-state index in [-0.39, 0.29) is 0 Å². The van der Waals surface area contributed by atoms with Crippen LogP contribution in [0.25, 0.3) is 0 Å². The van der Waals surface area contributed by atoms with Gasteiger partial charge in [-0.1, -0.05) is 40.5 Å². The summed E-state index contributed by atoms with van der Waals surface area (Å²) in [5.74, 6) is 2.01. The van der Waals surface area contributed by atoms with Crippen LogP contribution in [0.2, 0.25) is 0 Å². The second-order valence-corrected chi connectivity index (χ2v) is 7.62. The van der Waals surface area contributed by atoms with Crippen molar-refractivity contribution in [3.8, 4) is 0 Å². The Bertz CT molecular complexity index is 290. The summed E-state index contributed by atoms with van der Waals surface area (Å²) < 4.78 is 0. The van der Waals surface area contributed by atoms with Gasteiger partial charge in [0.2, 0.25) is 0 Å². The van der Waals surface area contributed by atoms with Crippen molar-refractivity contribution >= 4 is 0 Å². The van der Waals surface area contributed by atoms with E-state index in [1.54, 1.807) is 6.42 Å². The second kappa shape index (κ2) is 2.63. The molecule has 3 saturated carbocycles. The molecule has 0 N–H and O–H groups in total. The van der Waals surface area contributed by atoms with Crippen molar-refractivity contribution in [1.29, 1.82) is 0 Å². The molecule has 0 aromatic rings. The van der Waals surface area contributed by atoms with Crippen LogP contribution in [0.4, 0.5) is 0 Å². The van der Waals surface area contributed by atoms with Crippen molar-refractivity contribution < 1.29 is 0 Å². The standard InChI is InChI=1S/C15H26/c1-11-6-5-8-14(4)12-7-9-15(11,14)10-13(12,2)3/h11-12H,5-10H2,1-4H3. The molecule has 0 aromatic carbocycles. The number of hydrogen-bond acceptors (Lipinski definition) is 0. The first kappa shape index (κ1) is 10.2. The molecule has 4 unspecified atom stereocenters.